The van der Waals surface area contributed by atoms with Crippen LogP contribution >= 0.6 is 0 Å². The Morgan fingerprint density at radius 3 is 2.69 bits per heavy atom. The van der Waals surface area contributed by atoms with Crippen LogP contribution in [-0.2, 0) is 19.6 Å². The molecule has 0 fully saturated rings. The zero-order valence-electron chi connectivity index (χ0n) is 20.2. The van der Waals surface area contributed by atoms with Gasteiger partial charge >= 0.3 is 0 Å². The third-order valence-electron chi connectivity index (χ3n) is 6.32. The Morgan fingerprint density at radius 1 is 1.11 bits per heavy atom. The fourth-order valence-corrected chi connectivity index (χ4v) is 4.51. The molecule has 5 aromatic rings. The second-order valence-electron chi connectivity index (χ2n) is 8.94. The molecule has 3 aromatic heterocycles. The van der Waals surface area contributed by atoms with Gasteiger partial charge < -0.3 is 9.40 Å². The molecule has 9 heteroatoms. The third-order valence-corrected chi connectivity index (χ3v) is 6.32. The highest BCUT2D eigenvalue weighted by molar-refractivity contribution is 5.79. The molecule has 2 aromatic carbocycles. The molecule has 1 unspecified atom stereocenters. The molecule has 36 heavy (non-hydrogen) atoms. The molecular formula is C27H27FN6O2. The number of hydrogen-bond acceptors (Lipinski definition) is 6. The maximum Gasteiger partial charge on any atom is 0.252 e. The number of pyridine rings is 1. The number of tetrazole rings is 1. The average molecular weight is 487 g/mol. The van der Waals surface area contributed by atoms with Crippen LogP contribution in [0, 0.1) is 12.7 Å². The van der Waals surface area contributed by atoms with E-state index in [9.17, 15) is 9.18 Å². The van der Waals surface area contributed by atoms with Gasteiger partial charge in [-0.2, -0.15) is 0 Å². The number of aryl methyl sites for hydroxylation is 1. The average Bonchev–Trinajstić information content (AvgIpc) is 3.54. The molecule has 0 bridgehead atoms. The van der Waals surface area contributed by atoms with Crippen LogP contribution in [0.15, 0.2) is 76.1 Å². The number of nitrogens with zero attached hydrogens (tertiary/aromatic N) is 5. The number of aromatic amines is 1. The minimum absolute atomic E-state index is 0.137. The van der Waals surface area contributed by atoms with Crippen molar-refractivity contribution in [3.63, 3.8) is 0 Å². The smallest absolute Gasteiger partial charge is 0.252 e. The van der Waals surface area contributed by atoms with Crippen LogP contribution in [0.4, 0.5) is 4.39 Å². The summed E-state index contributed by atoms with van der Waals surface area (Å²) < 4.78 is 20.8. The fourth-order valence-electron chi connectivity index (χ4n) is 4.51. The van der Waals surface area contributed by atoms with E-state index in [1.807, 2.05) is 43.3 Å². The van der Waals surface area contributed by atoms with E-state index in [0.717, 1.165) is 27.8 Å². The number of benzene rings is 2. The van der Waals surface area contributed by atoms with Crippen molar-refractivity contribution >= 4 is 10.9 Å². The second kappa shape index (κ2) is 10.2. The van der Waals surface area contributed by atoms with E-state index in [0.29, 0.717) is 37.4 Å². The van der Waals surface area contributed by atoms with E-state index in [4.69, 9.17) is 4.42 Å². The Bertz CT molecular complexity index is 1510. The van der Waals surface area contributed by atoms with Crippen molar-refractivity contribution in [1.29, 1.82) is 0 Å². The maximum atomic E-state index is 13.6. The minimum Gasteiger partial charge on any atom is -0.467 e. The van der Waals surface area contributed by atoms with Crippen LogP contribution < -0.4 is 5.56 Å². The number of furan rings is 1. The van der Waals surface area contributed by atoms with Crippen LogP contribution in [0.2, 0.25) is 0 Å². The summed E-state index contributed by atoms with van der Waals surface area (Å²) in [5.74, 6) is 1.12. The second-order valence-corrected chi connectivity index (χ2v) is 8.94. The first-order valence-electron chi connectivity index (χ1n) is 11.9. The van der Waals surface area contributed by atoms with E-state index in [1.165, 1.54) is 12.1 Å². The van der Waals surface area contributed by atoms with Gasteiger partial charge in [0.15, 0.2) is 5.82 Å². The molecule has 0 saturated carbocycles. The number of hydrogen-bond donors (Lipinski definition) is 1. The first kappa shape index (κ1) is 23.6. The highest BCUT2D eigenvalue weighted by Gasteiger charge is 2.26. The fraction of sp³-hybridized carbons (Fsp3) is 0.259. The molecule has 1 atom stereocenters. The summed E-state index contributed by atoms with van der Waals surface area (Å²) in [7, 11) is 0. The number of aromatic nitrogens is 5. The molecule has 0 saturated heterocycles. The molecule has 0 amide bonds. The molecule has 0 aliphatic rings. The predicted octanol–water partition coefficient (Wildman–Crippen LogP) is 4.76. The van der Waals surface area contributed by atoms with Gasteiger partial charge in [-0.15, -0.1) is 5.10 Å². The van der Waals surface area contributed by atoms with E-state index < -0.39 is 0 Å². The Morgan fingerprint density at radius 2 is 1.94 bits per heavy atom. The molecular weight excluding hydrogens is 459 g/mol. The summed E-state index contributed by atoms with van der Waals surface area (Å²) in [4.78, 5) is 18.2. The highest BCUT2D eigenvalue weighted by Crippen LogP contribution is 2.27. The molecule has 8 nitrogen and oxygen atoms in total. The van der Waals surface area contributed by atoms with Gasteiger partial charge in [-0.1, -0.05) is 31.2 Å². The van der Waals surface area contributed by atoms with Gasteiger partial charge in [-0.25, -0.2) is 9.07 Å². The van der Waals surface area contributed by atoms with Crippen molar-refractivity contribution in [3.8, 4) is 0 Å². The van der Waals surface area contributed by atoms with Crippen LogP contribution in [-0.4, -0.2) is 30.1 Å². The largest absolute Gasteiger partial charge is 0.467 e. The molecule has 0 aliphatic heterocycles. The lowest BCUT2D eigenvalue weighted by Crippen LogP contribution is -2.32. The van der Waals surface area contributed by atoms with Crippen molar-refractivity contribution in [2.45, 2.75) is 45.9 Å². The standard InChI is InChI=1S/C27H27FN6O2/c1-3-25(26-30-31-32-34(26)17-23-5-4-12-36-23)33(15-19-7-10-22(28)11-8-19)16-21-14-20-9-6-18(2)13-24(20)29-27(21)35/h4-14,25H,3,15-17H2,1-2H3,(H,29,35). The van der Waals surface area contributed by atoms with E-state index >= 15 is 0 Å². The van der Waals surface area contributed by atoms with E-state index in [1.54, 1.807) is 23.1 Å². The van der Waals surface area contributed by atoms with Crippen molar-refractivity contribution in [1.82, 2.24) is 30.1 Å². The van der Waals surface area contributed by atoms with Crippen LogP contribution in [0.3, 0.4) is 0 Å². The van der Waals surface area contributed by atoms with Crippen molar-refractivity contribution in [2.24, 2.45) is 0 Å². The van der Waals surface area contributed by atoms with Gasteiger partial charge in [-0.3, -0.25) is 9.69 Å². The number of fused-ring (bicyclic) bond motifs is 1. The summed E-state index contributed by atoms with van der Waals surface area (Å²) in [6.45, 7) is 5.29. The number of H-pyrrole nitrogens is 1. The lowest BCUT2D eigenvalue weighted by atomic mass is 10.1. The number of halogens is 1. The molecule has 184 valence electrons. The van der Waals surface area contributed by atoms with Crippen LogP contribution in [0.25, 0.3) is 10.9 Å². The van der Waals surface area contributed by atoms with Crippen LogP contribution in [0.1, 0.15) is 47.7 Å². The Kier molecular flexibility index (Phi) is 6.73. The molecule has 0 spiro atoms. The first-order valence-corrected chi connectivity index (χ1v) is 11.9. The number of rotatable bonds is 9. The predicted molar refractivity (Wildman–Crippen MR) is 134 cm³/mol. The summed E-state index contributed by atoms with van der Waals surface area (Å²) in [6.07, 6.45) is 2.31. The summed E-state index contributed by atoms with van der Waals surface area (Å²) in [5.41, 5.74) is 3.31. The molecule has 3 heterocycles. The Balaban J connectivity index is 1.52. The normalized spacial score (nSPS) is 12.4. The van der Waals surface area contributed by atoms with Gasteiger partial charge in [0.25, 0.3) is 5.56 Å². The zero-order valence-corrected chi connectivity index (χ0v) is 20.2. The number of nitrogens with one attached hydrogen (secondary N) is 1. The van der Waals surface area contributed by atoms with Gasteiger partial charge in [0.2, 0.25) is 0 Å². The van der Waals surface area contributed by atoms with Gasteiger partial charge in [-0.05, 0) is 76.7 Å². The topological polar surface area (TPSA) is 92.8 Å². The molecule has 5 rings (SSSR count). The first-order chi connectivity index (χ1) is 17.5. The summed E-state index contributed by atoms with van der Waals surface area (Å²) in [6, 6.07) is 17.8. The lowest BCUT2D eigenvalue weighted by molar-refractivity contribution is 0.161. The molecule has 1 N–H and O–H groups in total. The zero-order chi connectivity index (χ0) is 25.1. The minimum atomic E-state index is -0.291. The van der Waals surface area contributed by atoms with E-state index in [-0.39, 0.29) is 17.4 Å². The van der Waals surface area contributed by atoms with Crippen molar-refractivity contribution < 1.29 is 8.81 Å². The lowest BCUT2D eigenvalue weighted by Gasteiger charge is -2.30. The third kappa shape index (κ3) is 5.11. The maximum absolute atomic E-state index is 13.6. The Labute approximate surface area is 207 Å². The SMILES string of the molecule is CCC(c1nnnn1Cc1ccco1)N(Cc1ccc(F)cc1)Cc1cc2ccc(C)cc2[nH]c1=O. The highest BCUT2D eigenvalue weighted by atomic mass is 19.1. The van der Waals surface area contributed by atoms with Crippen LogP contribution in [0.5, 0.6) is 0 Å². The van der Waals surface area contributed by atoms with Gasteiger partial charge in [0.05, 0.1) is 12.3 Å². The monoisotopic (exact) mass is 486 g/mol. The summed E-state index contributed by atoms with van der Waals surface area (Å²) >= 11 is 0. The summed E-state index contributed by atoms with van der Waals surface area (Å²) in [5, 5.41) is 13.4. The van der Waals surface area contributed by atoms with Crippen molar-refractivity contribution in [3.05, 3.63) is 111 Å². The molecule has 0 radical (unpaired) electrons. The quantitative estimate of drug-likeness (QED) is 0.323. The van der Waals surface area contributed by atoms with Crippen molar-refractivity contribution in [2.75, 3.05) is 0 Å². The van der Waals surface area contributed by atoms with Gasteiger partial charge in [0, 0.05) is 24.2 Å². The van der Waals surface area contributed by atoms with E-state index in [2.05, 4.69) is 32.3 Å². The molecule has 0 aliphatic carbocycles. The van der Waals surface area contributed by atoms with Gasteiger partial charge in [0.1, 0.15) is 18.1 Å². The Hall–Kier alpha value is -4.11.